The summed E-state index contributed by atoms with van der Waals surface area (Å²) in [6.45, 7) is 0. The van der Waals surface area contributed by atoms with Crippen molar-refractivity contribution in [3.63, 3.8) is 0 Å². The van der Waals surface area contributed by atoms with Gasteiger partial charge >= 0.3 is 0 Å². The van der Waals surface area contributed by atoms with Crippen LogP contribution in [-0.2, 0) is 10.8 Å². The molecule has 20 rings (SSSR count). The van der Waals surface area contributed by atoms with Crippen molar-refractivity contribution in [2.45, 2.75) is 10.8 Å². The van der Waals surface area contributed by atoms with Crippen molar-refractivity contribution in [2.75, 3.05) is 9.80 Å². The van der Waals surface area contributed by atoms with Gasteiger partial charge < -0.3 is 14.2 Å². The second-order valence-corrected chi connectivity index (χ2v) is 24.8. The summed E-state index contributed by atoms with van der Waals surface area (Å²) in [5.74, 6) is 0. The number of fused-ring (bicyclic) bond motifs is 23. The third-order valence-electron chi connectivity index (χ3n) is 20.7. The fourth-order valence-electron chi connectivity index (χ4n) is 17.3. The van der Waals surface area contributed by atoms with Crippen LogP contribution in [0.25, 0.3) is 99.1 Å². The third kappa shape index (κ3) is 6.56. The molecule has 2 aliphatic carbocycles. The Morgan fingerprint density at radius 1 is 0.209 bits per heavy atom. The molecule has 0 N–H and O–H groups in total. The van der Waals surface area contributed by atoms with E-state index in [1.165, 1.54) is 133 Å². The maximum Gasteiger partial charge on any atom is 0.143 e. The summed E-state index contributed by atoms with van der Waals surface area (Å²) >= 11 is 0. The lowest BCUT2D eigenvalue weighted by atomic mass is 9.64. The van der Waals surface area contributed by atoms with Gasteiger partial charge in [-0.15, -0.1) is 0 Å². The highest BCUT2D eigenvalue weighted by atomic mass is 16.3. The zero-order valence-electron chi connectivity index (χ0n) is 49.5. The van der Waals surface area contributed by atoms with Crippen LogP contribution >= 0.6 is 0 Å². The Bertz CT molecular complexity index is 5370. The molecule has 1 aromatic heterocycles. The van der Waals surface area contributed by atoms with Gasteiger partial charge in [-0.2, -0.15) is 0 Å². The number of nitrogens with zero attached hydrogens (tertiary/aromatic N) is 2. The Labute approximate surface area is 527 Å². The lowest BCUT2D eigenvalue weighted by molar-refractivity contribution is 0.670. The van der Waals surface area contributed by atoms with E-state index in [1.54, 1.807) is 0 Å². The normalized spacial score (nSPS) is 14.1. The molecule has 3 heterocycles. The molecule has 0 fully saturated rings. The average molecular weight is 1160 g/mol. The van der Waals surface area contributed by atoms with Gasteiger partial charge in [0.25, 0.3) is 0 Å². The van der Waals surface area contributed by atoms with Crippen LogP contribution in [0.4, 0.5) is 34.1 Å². The van der Waals surface area contributed by atoms with Crippen molar-refractivity contribution in [1.82, 2.24) is 0 Å². The third-order valence-corrected chi connectivity index (χ3v) is 20.7. The Balaban J connectivity index is 0.877. The first kappa shape index (κ1) is 50.2. The van der Waals surface area contributed by atoms with Gasteiger partial charge in [0.15, 0.2) is 0 Å². The van der Waals surface area contributed by atoms with E-state index in [4.69, 9.17) is 4.42 Å². The van der Waals surface area contributed by atoms with E-state index in [0.29, 0.717) is 0 Å². The van der Waals surface area contributed by atoms with Gasteiger partial charge in [0, 0.05) is 33.3 Å². The van der Waals surface area contributed by atoms with Gasteiger partial charge in [0.2, 0.25) is 0 Å². The van der Waals surface area contributed by atoms with Gasteiger partial charge in [-0.05, 0) is 171 Å². The van der Waals surface area contributed by atoms with E-state index in [2.05, 4.69) is 337 Å². The quantitative estimate of drug-likeness (QED) is 0.160. The average Bonchev–Trinajstić information content (AvgIpc) is 1.58. The molecule has 2 spiro atoms. The molecule has 0 atom stereocenters. The zero-order valence-corrected chi connectivity index (χ0v) is 49.5. The summed E-state index contributed by atoms with van der Waals surface area (Å²) in [4.78, 5) is 4.93. The molecule has 16 aromatic rings. The molecular weight excluding hydrogens is 1100 g/mol. The number of anilines is 6. The van der Waals surface area contributed by atoms with Crippen LogP contribution in [0.5, 0.6) is 0 Å². The predicted octanol–water partition coefficient (Wildman–Crippen LogP) is 23.2. The van der Waals surface area contributed by atoms with Gasteiger partial charge in [0.1, 0.15) is 11.2 Å². The smallest absolute Gasteiger partial charge is 0.143 e. The Kier molecular flexibility index (Phi) is 10.4. The second kappa shape index (κ2) is 18.9. The Morgan fingerprint density at radius 2 is 0.538 bits per heavy atom. The van der Waals surface area contributed by atoms with Crippen LogP contribution in [0.15, 0.2) is 332 Å². The Morgan fingerprint density at radius 3 is 1.01 bits per heavy atom. The minimum absolute atomic E-state index is 0.618. The largest absolute Gasteiger partial charge is 0.455 e. The number of benzene rings is 15. The molecule has 0 amide bonds. The van der Waals surface area contributed by atoms with E-state index in [1.807, 2.05) is 0 Å². The van der Waals surface area contributed by atoms with Crippen LogP contribution in [-0.4, -0.2) is 0 Å². The highest BCUT2D eigenvalue weighted by Crippen LogP contribution is 2.67. The fourth-order valence-corrected chi connectivity index (χ4v) is 17.3. The molecule has 422 valence electrons. The molecule has 0 saturated carbocycles. The summed E-state index contributed by atoms with van der Waals surface area (Å²) in [5, 5.41) is 6.91. The summed E-state index contributed by atoms with van der Waals surface area (Å²) in [6, 6.07) is 123. The molecule has 2 aliphatic heterocycles. The highest BCUT2D eigenvalue weighted by Gasteiger charge is 2.54. The number of hydrogen-bond acceptors (Lipinski definition) is 3. The van der Waals surface area contributed by atoms with E-state index < -0.39 is 10.8 Å². The second-order valence-electron chi connectivity index (χ2n) is 24.8. The first-order chi connectivity index (χ1) is 45.2. The number of rotatable bonds is 5. The molecule has 3 nitrogen and oxygen atoms in total. The van der Waals surface area contributed by atoms with Gasteiger partial charge in [0.05, 0.1) is 33.6 Å². The minimum atomic E-state index is -0.618. The summed E-state index contributed by atoms with van der Waals surface area (Å²) in [5.41, 5.74) is 29.8. The molecule has 3 heteroatoms. The maximum absolute atomic E-state index is 7.07. The molecule has 0 radical (unpaired) electrons. The maximum atomic E-state index is 7.07. The van der Waals surface area contributed by atoms with Crippen molar-refractivity contribution in [1.29, 1.82) is 0 Å². The van der Waals surface area contributed by atoms with Crippen LogP contribution in [0.1, 0.15) is 44.5 Å². The molecule has 0 bridgehead atoms. The highest BCUT2D eigenvalue weighted by molar-refractivity contribution is 6.24. The van der Waals surface area contributed by atoms with Crippen LogP contribution in [0.2, 0.25) is 0 Å². The molecular formula is C88H54N2O. The summed E-state index contributed by atoms with van der Waals surface area (Å²) in [7, 11) is 0. The lowest BCUT2D eigenvalue weighted by Crippen LogP contribution is -2.36. The summed E-state index contributed by atoms with van der Waals surface area (Å²) < 4.78 is 7.07. The van der Waals surface area contributed by atoms with Crippen molar-refractivity contribution in [3.8, 4) is 55.6 Å². The van der Waals surface area contributed by atoms with Crippen molar-refractivity contribution < 1.29 is 4.42 Å². The van der Waals surface area contributed by atoms with Crippen molar-refractivity contribution in [2.24, 2.45) is 0 Å². The first-order valence-electron chi connectivity index (χ1n) is 31.7. The molecule has 4 aliphatic rings. The fraction of sp³-hybridized carbons (Fsp3) is 0.0227. The lowest BCUT2D eigenvalue weighted by Gasteiger charge is -2.45. The number of hydrogen-bond donors (Lipinski definition) is 0. The van der Waals surface area contributed by atoms with Gasteiger partial charge in [-0.1, -0.05) is 267 Å². The van der Waals surface area contributed by atoms with Crippen molar-refractivity contribution in [3.05, 3.63) is 372 Å². The number of para-hydroxylation sites is 8. The van der Waals surface area contributed by atoms with Crippen LogP contribution < -0.4 is 9.80 Å². The first-order valence-corrected chi connectivity index (χ1v) is 31.7. The SMILES string of the molecule is c1ccc(N2c3ccccc3C3(c4ccccc4-c4c(-c5cccc6c(-c7cccc8c7oc7ccccc78)c7cccc(-c8cccc9c8-c8ccccc8C98c9ccccc9N(c9ccccc9)c9ccccc98)c7cc56)cccc43)c3ccccc32)cc1. The van der Waals surface area contributed by atoms with E-state index in [-0.39, 0.29) is 0 Å². The van der Waals surface area contributed by atoms with E-state index >= 15 is 0 Å². The minimum Gasteiger partial charge on any atom is -0.455 e. The zero-order chi connectivity index (χ0) is 59.5. The monoisotopic (exact) mass is 1150 g/mol. The number of furan rings is 1. The Hall–Kier alpha value is -11.8. The standard InChI is InChI=1S/C88H54N2O/c1-3-26-55(27-4-1)89-78-49-16-12-43-72(78)87(73-44-13-17-50-79(73)89)70-41-10-7-31-65(70)84-60(37-24-47-76(84)87)57-33-21-35-62-68(57)54-69-58(34-22-36-63(69)83(62)67-40-23-39-64-59-30-9-20-53-82(59)91-86(64)67)61-38-25-48-77-85(61)66-32-8-11-42-71(66)88(77)74-45-14-18-51-80(74)90(56-28-5-2-6-29-56)81-52-19-15-46-75(81)88/h1-54H. The van der Waals surface area contributed by atoms with Crippen LogP contribution in [0.3, 0.4) is 0 Å². The summed E-state index contributed by atoms with van der Waals surface area (Å²) in [6.07, 6.45) is 0. The molecule has 15 aromatic carbocycles. The van der Waals surface area contributed by atoms with Gasteiger partial charge in [-0.25, -0.2) is 0 Å². The molecule has 91 heavy (non-hydrogen) atoms. The predicted molar refractivity (Wildman–Crippen MR) is 376 cm³/mol. The molecule has 0 saturated heterocycles. The van der Waals surface area contributed by atoms with Gasteiger partial charge in [-0.3, -0.25) is 0 Å². The van der Waals surface area contributed by atoms with Crippen LogP contribution in [0, 0.1) is 0 Å². The van der Waals surface area contributed by atoms with E-state index in [9.17, 15) is 0 Å². The van der Waals surface area contributed by atoms with Crippen molar-refractivity contribution >= 4 is 77.6 Å². The topological polar surface area (TPSA) is 19.6 Å². The van der Waals surface area contributed by atoms with E-state index in [0.717, 1.165) is 44.4 Å². The molecule has 0 unspecified atom stereocenters.